The van der Waals surface area contributed by atoms with Crippen molar-refractivity contribution in [3.63, 3.8) is 0 Å². The van der Waals surface area contributed by atoms with Gasteiger partial charge in [0.15, 0.2) is 0 Å². The summed E-state index contributed by atoms with van der Waals surface area (Å²) >= 11 is 0. The SMILES string of the molecule is COc1cc(NC(=O)Nc2ccc(N3CCCCC3)c(C(=O)NCc3ccccc3)c2)cc(OC)c1. The van der Waals surface area contributed by atoms with Crippen LogP contribution in [0.15, 0.2) is 66.7 Å². The van der Waals surface area contributed by atoms with Crippen molar-refractivity contribution in [1.29, 1.82) is 0 Å². The lowest BCUT2D eigenvalue weighted by atomic mass is 10.1. The monoisotopic (exact) mass is 488 g/mol. The second-order valence-corrected chi connectivity index (χ2v) is 8.63. The van der Waals surface area contributed by atoms with E-state index >= 15 is 0 Å². The Labute approximate surface area is 211 Å². The van der Waals surface area contributed by atoms with E-state index < -0.39 is 6.03 Å². The molecule has 3 N–H and O–H groups in total. The average Bonchev–Trinajstić information content (AvgIpc) is 2.92. The van der Waals surface area contributed by atoms with Gasteiger partial charge in [0, 0.05) is 54.9 Å². The zero-order valence-corrected chi connectivity index (χ0v) is 20.7. The second kappa shape index (κ2) is 12.0. The third-order valence-corrected chi connectivity index (χ3v) is 6.10. The van der Waals surface area contributed by atoms with Crippen LogP contribution in [-0.4, -0.2) is 39.2 Å². The third kappa shape index (κ3) is 6.47. The number of ether oxygens (including phenoxy) is 2. The van der Waals surface area contributed by atoms with Gasteiger partial charge in [0.1, 0.15) is 11.5 Å². The van der Waals surface area contributed by atoms with E-state index in [-0.39, 0.29) is 5.91 Å². The van der Waals surface area contributed by atoms with Crippen LogP contribution in [-0.2, 0) is 6.54 Å². The molecule has 1 saturated heterocycles. The zero-order chi connectivity index (χ0) is 25.3. The van der Waals surface area contributed by atoms with E-state index in [9.17, 15) is 9.59 Å². The lowest BCUT2D eigenvalue weighted by Gasteiger charge is -2.30. The summed E-state index contributed by atoms with van der Waals surface area (Å²) in [7, 11) is 3.10. The van der Waals surface area contributed by atoms with Crippen molar-refractivity contribution in [2.24, 2.45) is 0 Å². The molecule has 0 saturated carbocycles. The van der Waals surface area contributed by atoms with Crippen molar-refractivity contribution in [2.75, 3.05) is 42.8 Å². The van der Waals surface area contributed by atoms with Crippen molar-refractivity contribution in [3.8, 4) is 11.5 Å². The molecule has 3 aromatic carbocycles. The van der Waals surface area contributed by atoms with E-state index in [4.69, 9.17) is 9.47 Å². The summed E-state index contributed by atoms with van der Waals surface area (Å²) in [5.41, 5.74) is 3.48. The van der Waals surface area contributed by atoms with Gasteiger partial charge in [-0.05, 0) is 43.0 Å². The minimum Gasteiger partial charge on any atom is -0.497 e. The average molecular weight is 489 g/mol. The van der Waals surface area contributed by atoms with Crippen LogP contribution in [0.25, 0.3) is 0 Å². The number of carbonyl (C=O) groups is 2. The topological polar surface area (TPSA) is 91.9 Å². The van der Waals surface area contributed by atoms with Crippen molar-refractivity contribution in [3.05, 3.63) is 77.9 Å². The maximum Gasteiger partial charge on any atom is 0.323 e. The highest BCUT2D eigenvalue weighted by molar-refractivity contribution is 6.04. The maximum atomic E-state index is 13.3. The quantitative estimate of drug-likeness (QED) is 0.402. The molecule has 188 valence electrons. The van der Waals surface area contributed by atoms with E-state index in [1.54, 1.807) is 38.5 Å². The number of nitrogens with one attached hydrogen (secondary N) is 3. The summed E-state index contributed by atoms with van der Waals surface area (Å²) in [5, 5.41) is 8.65. The molecule has 0 spiro atoms. The normalized spacial score (nSPS) is 13.0. The predicted molar refractivity (Wildman–Crippen MR) is 142 cm³/mol. The molecule has 0 atom stereocenters. The van der Waals surface area contributed by atoms with Crippen molar-refractivity contribution >= 4 is 29.0 Å². The molecule has 0 bridgehead atoms. The Kier molecular flexibility index (Phi) is 8.28. The van der Waals surface area contributed by atoms with Gasteiger partial charge in [-0.2, -0.15) is 0 Å². The minimum atomic E-state index is -0.438. The van der Waals surface area contributed by atoms with Crippen LogP contribution in [0.2, 0.25) is 0 Å². The molecule has 0 aliphatic carbocycles. The number of hydrogen-bond donors (Lipinski definition) is 3. The maximum absolute atomic E-state index is 13.3. The van der Waals surface area contributed by atoms with Gasteiger partial charge in [0.25, 0.3) is 5.91 Å². The van der Waals surface area contributed by atoms with E-state index in [0.717, 1.165) is 37.2 Å². The lowest BCUT2D eigenvalue weighted by Crippen LogP contribution is -2.33. The number of hydrogen-bond acceptors (Lipinski definition) is 5. The van der Waals surface area contributed by atoms with Gasteiger partial charge in [0.05, 0.1) is 19.8 Å². The highest BCUT2D eigenvalue weighted by Gasteiger charge is 2.20. The zero-order valence-electron chi connectivity index (χ0n) is 20.7. The molecule has 0 radical (unpaired) electrons. The number of carbonyl (C=O) groups excluding carboxylic acids is 2. The fourth-order valence-electron chi connectivity index (χ4n) is 4.25. The molecule has 0 unspecified atom stereocenters. The number of urea groups is 1. The van der Waals surface area contributed by atoms with Crippen LogP contribution in [0.3, 0.4) is 0 Å². The Bertz CT molecular complexity index is 1170. The van der Waals surface area contributed by atoms with Crippen LogP contribution >= 0.6 is 0 Å². The second-order valence-electron chi connectivity index (χ2n) is 8.63. The van der Waals surface area contributed by atoms with Crippen molar-refractivity contribution < 1.29 is 19.1 Å². The van der Waals surface area contributed by atoms with E-state index in [1.807, 2.05) is 42.5 Å². The highest BCUT2D eigenvalue weighted by Crippen LogP contribution is 2.28. The Morgan fingerprint density at radius 3 is 2.14 bits per heavy atom. The smallest absolute Gasteiger partial charge is 0.323 e. The number of amides is 3. The number of nitrogens with zero attached hydrogens (tertiary/aromatic N) is 1. The number of benzene rings is 3. The summed E-state index contributed by atoms with van der Waals surface area (Å²) in [6.07, 6.45) is 3.38. The first-order valence-electron chi connectivity index (χ1n) is 12.1. The largest absolute Gasteiger partial charge is 0.497 e. The van der Waals surface area contributed by atoms with Gasteiger partial charge < -0.3 is 30.3 Å². The molecular formula is C28H32N4O4. The van der Waals surface area contributed by atoms with Crippen LogP contribution in [0, 0.1) is 0 Å². The Morgan fingerprint density at radius 1 is 0.806 bits per heavy atom. The van der Waals surface area contributed by atoms with Crippen LogP contribution in [0.5, 0.6) is 11.5 Å². The molecule has 3 aromatic rings. The molecule has 8 heteroatoms. The summed E-state index contributed by atoms with van der Waals surface area (Å²) in [5.74, 6) is 0.946. The Balaban J connectivity index is 1.52. The Morgan fingerprint density at radius 2 is 1.47 bits per heavy atom. The van der Waals surface area contributed by atoms with Gasteiger partial charge in [-0.25, -0.2) is 4.79 Å². The molecule has 36 heavy (non-hydrogen) atoms. The predicted octanol–water partition coefficient (Wildman–Crippen LogP) is 5.27. The van der Waals surface area contributed by atoms with Crippen molar-refractivity contribution in [1.82, 2.24) is 5.32 Å². The van der Waals surface area contributed by atoms with E-state index in [0.29, 0.717) is 35.0 Å². The minimum absolute atomic E-state index is 0.180. The number of methoxy groups -OCH3 is 2. The van der Waals surface area contributed by atoms with Gasteiger partial charge in [0.2, 0.25) is 0 Å². The van der Waals surface area contributed by atoms with Gasteiger partial charge in [-0.3, -0.25) is 4.79 Å². The first-order chi connectivity index (χ1) is 17.6. The number of anilines is 3. The molecule has 3 amide bonds. The summed E-state index contributed by atoms with van der Waals surface area (Å²) in [4.78, 5) is 28.2. The fraction of sp³-hybridized carbons (Fsp3) is 0.286. The molecule has 0 aromatic heterocycles. The molecule has 8 nitrogen and oxygen atoms in total. The van der Waals surface area contributed by atoms with Crippen molar-refractivity contribution in [2.45, 2.75) is 25.8 Å². The van der Waals surface area contributed by atoms with Gasteiger partial charge in [-0.15, -0.1) is 0 Å². The first kappa shape index (κ1) is 24.9. The molecule has 4 rings (SSSR count). The molecular weight excluding hydrogens is 456 g/mol. The first-order valence-corrected chi connectivity index (χ1v) is 12.1. The summed E-state index contributed by atoms with van der Waals surface area (Å²) in [6.45, 7) is 2.24. The van der Waals surface area contributed by atoms with E-state index in [2.05, 4.69) is 20.9 Å². The molecule has 1 fully saturated rings. The number of piperidine rings is 1. The van der Waals surface area contributed by atoms with E-state index in [1.165, 1.54) is 6.42 Å². The van der Waals surface area contributed by atoms with Crippen LogP contribution in [0.4, 0.5) is 21.9 Å². The third-order valence-electron chi connectivity index (χ3n) is 6.10. The lowest BCUT2D eigenvalue weighted by molar-refractivity contribution is 0.0951. The van der Waals surface area contributed by atoms with Gasteiger partial charge in [-0.1, -0.05) is 30.3 Å². The van der Waals surface area contributed by atoms with Crippen LogP contribution in [0.1, 0.15) is 35.2 Å². The highest BCUT2D eigenvalue weighted by atomic mass is 16.5. The van der Waals surface area contributed by atoms with Crippen LogP contribution < -0.4 is 30.3 Å². The van der Waals surface area contributed by atoms with Gasteiger partial charge >= 0.3 is 6.03 Å². The summed E-state index contributed by atoms with van der Waals surface area (Å²) in [6, 6.07) is 19.9. The Hall–Kier alpha value is -4.20. The molecule has 1 heterocycles. The summed E-state index contributed by atoms with van der Waals surface area (Å²) < 4.78 is 10.5. The molecule has 1 aliphatic rings. The number of rotatable bonds is 8. The fourth-order valence-corrected chi connectivity index (χ4v) is 4.25. The molecule has 1 aliphatic heterocycles. The standard InChI is InChI=1S/C28H32N4O4/c1-35-23-15-22(16-24(18-23)36-2)31-28(34)30-21-11-12-26(32-13-7-4-8-14-32)25(17-21)27(33)29-19-20-9-5-3-6-10-20/h3,5-6,9-12,15-18H,4,7-8,13-14,19H2,1-2H3,(H,29,33)(H2,30,31,34).